The van der Waals surface area contributed by atoms with E-state index in [4.69, 9.17) is 14.6 Å². The second-order valence-electron chi connectivity index (χ2n) is 3.60. The Morgan fingerprint density at radius 3 is 2.84 bits per heavy atom. The van der Waals surface area contributed by atoms with E-state index in [9.17, 15) is 9.59 Å². The van der Waals surface area contributed by atoms with Gasteiger partial charge in [-0.15, -0.1) is 0 Å². The van der Waals surface area contributed by atoms with E-state index in [1.807, 2.05) is 0 Å². The van der Waals surface area contributed by atoms with Gasteiger partial charge in [0.2, 0.25) is 0 Å². The van der Waals surface area contributed by atoms with Gasteiger partial charge < -0.3 is 19.9 Å². The van der Waals surface area contributed by atoms with Gasteiger partial charge >= 0.3 is 5.97 Å². The normalized spacial score (nSPS) is 11.7. The number of pyridine rings is 1. The number of hydrogen-bond donors (Lipinski definition) is 2. The lowest BCUT2D eigenvalue weighted by Gasteiger charge is -2.14. The van der Waals surface area contributed by atoms with E-state index in [2.05, 4.69) is 10.3 Å². The fourth-order valence-corrected chi connectivity index (χ4v) is 1.40. The monoisotopic (exact) mass is 268 g/mol. The number of nitrogens with one attached hydrogen (secondary N) is 1. The van der Waals surface area contributed by atoms with Crippen LogP contribution in [-0.2, 0) is 9.53 Å². The Morgan fingerprint density at radius 2 is 2.26 bits per heavy atom. The maximum atomic E-state index is 12.0. The summed E-state index contributed by atoms with van der Waals surface area (Å²) < 4.78 is 9.99. The maximum Gasteiger partial charge on any atom is 0.328 e. The highest BCUT2D eigenvalue weighted by atomic mass is 16.5. The molecule has 0 spiro atoms. The van der Waals surface area contributed by atoms with E-state index >= 15 is 0 Å². The highest BCUT2D eigenvalue weighted by Gasteiger charge is 2.23. The summed E-state index contributed by atoms with van der Waals surface area (Å²) in [4.78, 5) is 26.8. The zero-order valence-corrected chi connectivity index (χ0v) is 10.8. The Labute approximate surface area is 110 Å². The molecule has 1 atom stereocenters. The van der Waals surface area contributed by atoms with Crippen LogP contribution in [0.3, 0.4) is 0 Å². The molecule has 104 valence electrons. The van der Waals surface area contributed by atoms with Crippen molar-refractivity contribution >= 4 is 11.9 Å². The molecule has 2 N–H and O–H groups in total. The van der Waals surface area contributed by atoms with Gasteiger partial charge in [-0.25, -0.2) is 9.78 Å². The second-order valence-corrected chi connectivity index (χ2v) is 3.60. The fourth-order valence-electron chi connectivity index (χ4n) is 1.40. The van der Waals surface area contributed by atoms with Crippen molar-refractivity contribution in [2.75, 3.05) is 20.3 Å². The zero-order chi connectivity index (χ0) is 14.3. The van der Waals surface area contributed by atoms with Gasteiger partial charge in [0.05, 0.1) is 13.2 Å². The molecule has 1 aromatic heterocycles. The molecule has 0 saturated heterocycles. The number of hydrogen-bond acceptors (Lipinski definition) is 5. The summed E-state index contributed by atoms with van der Waals surface area (Å²) in [7, 11) is 1.36. The van der Waals surface area contributed by atoms with Crippen molar-refractivity contribution in [2.45, 2.75) is 13.0 Å². The van der Waals surface area contributed by atoms with Gasteiger partial charge in [-0.1, -0.05) is 0 Å². The first-order valence-corrected chi connectivity index (χ1v) is 5.70. The van der Waals surface area contributed by atoms with E-state index in [0.29, 0.717) is 12.4 Å². The largest absolute Gasteiger partial charge is 0.491 e. The highest BCUT2D eigenvalue weighted by molar-refractivity contribution is 5.97. The minimum absolute atomic E-state index is 0.0479. The third kappa shape index (κ3) is 4.22. The van der Waals surface area contributed by atoms with Crippen LogP contribution < -0.4 is 10.1 Å². The first kappa shape index (κ1) is 14.9. The molecule has 1 rings (SSSR count). The lowest BCUT2D eigenvalue weighted by molar-refractivity contribution is -0.140. The number of carboxylic acids is 1. The molecule has 0 radical (unpaired) electrons. The van der Waals surface area contributed by atoms with E-state index in [0.717, 1.165) is 0 Å². The van der Waals surface area contributed by atoms with E-state index < -0.39 is 17.9 Å². The number of carbonyl (C=O) groups is 2. The molecule has 7 nitrogen and oxygen atoms in total. The van der Waals surface area contributed by atoms with Crippen molar-refractivity contribution in [1.29, 1.82) is 0 Å². The van der Waals surface area contributed by atoms with Crippen LogP contribution in [0.2, 0.25) is 0 Å². The van der Waals surface area contributed by atoms with Crippen molar-refractivity contribution in [3.05, 3.63) is 24.0 Å². The Bertz CT molecular complexity index is 450. The number of nitrogens with zero attached hydrogens (tertiary/aromatic N) is 1. The number of methoxy groups -OCH3 is 1. The molecule has 19 heavy (non-hydrogen) atoms. The summed E-state index contributed by atoms with van der Waals surface area (Å²) in [6.45, 7) is 2.03. The quantitative estimate of drug-likeness (QED) is 0.738. The van der Waals surface area contributed by atoms with Crippen molar-refractivity contribution in [3.8, 4) is 5.75 Å². The molecule has 1 amide bonds. The fraction of sp³-hybridized carbons (Fsp3) is 0.417. The number of carbonyl (C=O) groups excluding carboxylic acids is 1. The number of aromatic nitrogens is 1. The number of rotatable bonds is 7. The molecule has 1 heterocycles. The van der Waals surface area contributed by atoms with Gasteiger partial charge in [0.15, 0.2) is 17.5 Å². The minimum Gasteiger partial charge on any atom is -0.491 e. The lowest BCUT2D eigenvalue weighted by Crippen LogP contribution is -2.44. The molecule has 0 aromatic carbocycles. The summed E-state index contributed by atoms with van der Waals surface area (Å²) in [5, 5.41) is 11.3. The molecule has 0 bridgehead atoms. The summed E-state index contributed by atoms with van der Waals surface area (Å²) in [6.07, 6.45) is 1.43. The molecule has 0 aliphatic rings. The van der Waals surface area contributed by atoms with E-state index in [1.54, 1.807) is 19.1 Å². The molecule has 0 saturated carbocycles. The average Bonchev–Trinajstić information content (AvgIpc) is 2.39. The number of aliphatic carboxylic acids is 1. The molecular weight excluding hydrogens is 252 g/mol. The first-order chi connectivity index (χ1) is 9.10. The predicted molar refractivity (Wildman–Crippen MR) is 66.2 cm³/mol. The van der Waals surface area contributed by atoms with Crippen molar-refractivity contribution in [1.82, 2.24) is 10.3 Å². The minimum atomic E-state index is -1.18. The summed E-state index contributed by atoms with van der Waals surface area (Å²) in [5.41, 5.74) is 0.0479. The van der Waals surface area contributed by atoms with E-state index in [1.165, 1.54) is 13.3 Å². The van der Waals surface area contributed by atoms with Crippen LogP contribution in [0.25, 0.3) is 0 Å². The molecule has 0 unspecified atom stereocenters. The van der Waals surface area contributed by atoms with Gasteiger partial charge in [-0.2, -0.15) is 0 Å². The summed E-state index contributed by atoms with van der Waals surface area (Å²) >= 11 is 0. The smallest absolute Gasteiger partial charge is 0.328 e. The third-order valence-corrected chi connectivity index (χ3v) is 2.22. The lowest BCUT2D eigenvalue weighted by atomic mass is 10.2. The Kier molecular flexibility index (Phi) is 5.74. The maximum absolute atomic E-state index is 12.0. The average molecular weight is 268 g/mol. The predicted octanol–water partition coefficient (Wildman–Crippen LogP) is 0.310. The van der Waals surface area contributed by atoms with E-state index in [-0.39, 0.29) is 12.3 Å². The van der Waals surface area contributed by atoms with Gasteiger partial charge in [-0.05, 0) is 19.1 Å². The van der Waals surface area contributed by atoms with Crippen LogP contribution in [0, 0.1) is 0 Å². The van der Waals surface area contributed by atoms with Crippen LogP contribution in [0.5, 0.6) is 5.75 Å². The van der Waals surface area contributed by atoms with Crippen LogP contribution in [0.15, 0.2) is 18.3 Å². The standard InChI is InChI=1S/C12H16N2O5/c1-3-19-9-5-4-6-13-10(9)11(15)14-8(7-18-2)12(16)17/h4-6,8H,3,7H2,1-2H3,(H,14,15)(H,16,17)/t8-/m0/s1. The Morgan fingerprint density at radius 1 is 1.53 bits per heavy atom. The van der Waals surface area contributed by atoms with Gasteiger partial charge in [-0.3, -0.25) is 4.79 Å². The van der Waals surface area contributed by atoms with Crippen LogP contribution >= 0.6 is 0 Å². The zero-order valence-electron chi connectivity index (χ0n) is 10.8. The van der Waals surface area contributed by atoms with Gasteiger partial charge in [0.1, 0.15) is 0 Å². The topological polar surface area (TPSA) is 97.8 Å². The molecular formula is C12H16N2O5. The van der Waals surface area contributed by atoms with Crippen molar-refractivity contribution < 1.29 is 24.2 Å². The van der Waals surface area contributed by atoms with Gasteiger partial charge in [0.25, 0.3) is 5.91 Å². The van der Waals surface area contributed by atoms with Crippen molar-refractivity contribution in [2.24, 2.45) is 0 Å². The SMILES string of the molecule is CCOc1cccnc1C(=O)N[C@@H](COC)C(=O)O. The first-order valence-electron chi connectivity index (χ1n) is 5.70. The van der Waals surface area contributed by atoms with Crippen LogP contribution in [0.4, 0.5) is 0 Å². The molecule has 7 heteroatoms. The molecule has 0 aliphatic heterocycles. The highest BCUT2D eigenvalue weighted by Crippen LogP contribution is 2.15. The summed E-state index contributed by atoms with van der Waals surface area (Å²) in [6, 6.07) is 2.09. The van der Waals surface area contributed by atoms with Crippen LogP contribution in [0.1, 0.15) is 17.4 Å². The van der Waals surface area contributed by atoms with Gasteiger partial charge in [0, 0.05) is 13.3 Å². The molecule has 1 aromatic rings. The molecule has 0 fully saturated rings. The number of carboxylic acid groups (broad SMARTS) is 1. The van der Waals surface area contributed by atoms with Crippen molar-refractivity contribution in [3.63, 3.8) is 0 Å². The number of ether oxygens (including phenoxy) is 2. The third-order valence-electron chi connectivity index (χ3n) is 2.22. The second kappa shape index (κ2) is 7.32. The van der Waals surface area contributed by atoms with Crippen LogP contribution in [-0.4, -0.2) is 48.3 Å². The number of amides is 1. The Balaban J connectivity index is 2.84. The molecule has 0 aliphatic carbocycles. The summed E-state index contributed by atoms with van der Waals surface area (Å²) in [5.74, 6) is -1.48. The Hall–Kier alpha value is -2.15.